The minimum absolute atomic E-state index is 0.0290. The van der Waals surface area contributed by atoms with Gasteiger partial charge in [0.15, 0.2) is 17.3 Å². The molecule has 0 atom stereocenters. The van der Waals surface area contributed by atoms with Crippen molar-refractivity contribution in [3.05, 3.63) is 82.9 Å². The summed E-state index contributed by atoms with van der Waals surface area (Å²) in [6.07, 6.45) is 0. The molecule has 0 saturated heterocycles. The maximum Gasteiger partial charge on any atom is 0.253 e. The van der Waals surface area contributed by atoms with E-state index in [1.807, 2.05) is 48.5 Å². The van der Waals surface area contributed by atoms with Crippen molar-refractivity contribution in [3.63, 3.8) is 0 Å². The zero-order chi connectivity index (χ0) is 19.3. The summed E-state index contributed by atoms with van der Waals surface area (Å²) >= 11 is 0. The zero-order valence-electron chi connectivity index (χ0n) is 15.3. The number of carbonyl (C=O) groups excluding carboxylic acids is 2. The first kappa shape index (κ1) is 16.6. The molecule has 2 aliphatic rings. The number of hydrogen-bond acceptors (Lipinski definition) is 4. The molecule has 0 aromatic heterocycles. The van der Waals surface area contributed by atoms with Crippen LogP contribution in [0, 0.1) is 0 Å². The van der Waals surface area contributed by atoms with Crippen LogP contribution in [0.3, 0.4) is 0 Å². The van der Waals surface area contributed by atoms with E-state index >= 15 is 0 Å². The molecule has 28 heavy (non-hydrogen) atoms. The quantitative estimate of drug-likeness (QED) is 0.548. The first-order chi connectivity index (χ1) is 13.6. The molecule has 0 radical (unpaired) electrons. The molecule has 0 unspecified atom stereocenters. The maximum atomic E-state index is 12.9. The number of nitrogens with zero attached hydrogens (tertiary/aromatic N) is 1. The second kappa shape index (κ2) is 6.23. The summed E-state index contributed by atoms with van der Waals surface area (Å²) in [6, 6.07) is 18.5. The van der Waals surface area contributed by atoms with Crippen molar-refractivity contribution in [2.45, 2.75) is 6.54 Å². The number of fused-ring (bicyclic) bond motifs is 4. The van der Waals surface area contributed by atoms with Gasteiger partial charge in [0.05, 0.1) is 0 Å². The Labute approximate surface area is 162 Å². The molecule has 0 bridgehead atoms. The smallest absolute Gasteiger partial charge is 0.253 e. The first-order valence-corrected chi connectivity index (χ1v) is 9.04. The van der Waals surface area contributed by atoms with Gasteiger partial charge >= 0.3 is 0 Å². The van der Waals surface area contributed by atoms with Crippen molar-refractivity contribution >= 4 is 11.7 Å². The van der Waals surface area contributed by atoms with Gasteiger partial charge < -0.3 is 14.4 Å². The van der Waals surface area contributed by atoms with Crippen LogP contribution < -0.4 is 9.47 Å². The van der Waals surface area contributed by atoms with Crippen molar-refractivity contribution in [3.8, 4) is 22.6 Å². The summed E-state index contributed by atoms with van der Waals surface area (Å²) in [5, 5.41) is 0. The SMILES string of the molecule is CN(Cc1ccc2c(c1)OCO2)C(=O)c1ccc2c(c1)C(=O)c1ccccc1-2. The highest BCUT2D eigenvalue weighted by atomic mass is 16.7. The van der Waals surface area contributed by atoms with E-state index < -0.39 is 0 Å². The summed E-state index contributed by atoms with van der Waals surface area (Å²) in [6.45, 7) is 0.653. The van der Waals surface area contributed by atoms with Gasteiger partial charge in [0, 0.05) is 30.3 Å². The van der Waals surface area contributed by atoms with E-state index in [9.17, 15) is 9.59 Å². The van der Waals surface area contributed by atoms with E-state index in [0.717, 1.165) is 22.4 Å². The molecule has 0 spiro atoms. The van der Waals surface area contributed by atoms with Crippen LogP contribution in [0.1, 0.15) is 31.8 Å². The van der Waals surface area contributed by atoms with Gasteiger partial charge in [0.1, 0.15) is 0 Å². The zero-order valence-corrected chi connectivity index (χ0v) is 15.3. The standard InChI is InChI=1S/C23H17NO4/c1-24(12-14-6-9-20-21(10-14)28-13-27-20)23(26)15-7-8-17-16-4-2-3-5-18(16)22(25)19(17)11-15/h2-11H,12-13H2,1H3. The van der Waals surface area contributed by atoms with Crippen molar-refractivity contribution in [1.29, 1.82) is 0 Å². The highest BCUT2D eigenvalue weighted by molar-refractivity contribution is 6.22. The molecule has 1 aliphatic heterocycles. The van der Waals surface area contributed by atoms with Gasteiger partial charge in [-0.25, -0.2) is 0 Å². The minimum Gasteiger partial charge on any atom is -0.454 e. The lowest BCUT2D eigenvalue weighted by molar-refractivity contribution is 0.0785. The fraction of sp³-hybridized carbons (Fsp3) is 0.130. The highest BCUT2D eigenvalue weighted by Gasteiger charge is 2.27. The molecular weight excluding hydrogens is 354 g/mol. The molecule has 3 aromatic rings. The third-order valence-corrected chi connectivity index (χ3v) is 5.18. The summed E-state index contributed by atoms with van der Waals surface area (Å²) in [7, 11) is 1.75. The average Bonchev–Trinajstić information content (AvgIpc) is 3.30. The van der Waals surface area contributed by atoms with Crippen molar-refractivity contribution < 1.29 is 19.1 Å². The third-order valence-electron chi connectivity index (χ3n) is 5.18. The predicted octanol–water partition coefficient (Wildman–Crippen LogP) is 3.90. The van der Waals surface area contributed by atoms with E-state index in [1.54, 1.807) is 24.1 Å². The third kappa shape index (κ3) is 2.55. The molecule has 3 aromatic carbocycles. The Morgan fingerprint density at radius 3 is 2.50 bits per heavy atom. The molecule has 5 rings (SSSR count). The Morgan fingerprint density at radius 2 is 1.64 bits per heavy atom. The Hall–Kier alpha value is -3.60. The van der Waals surface area contributed by atoms with Gasteiger partial charge in [-0.3, -0.25) is 9.59 Å². The van der Waals surface area contributed by atoms with Crippen LogP contribution in [0.4, 0.5) is 0 Å². The van der Waals surface area contributed by atoms with Gasteiger partial charge in [-0.1, -0.05) is 36.4 Å². The normalized spacial score (nSPS) is 13.2. The molecular formula is C23H17NO4. The molecule has 1 aliphatic carbocycles. The van der Waals surface area contributed by atoms with Crippen molar-refractivity contribution in [2.75, 3.05) is 13.8 Å². The minimum atomic E-state index is -0.135. The van der Waals surface area contributed by atoms with Gasteiger partial charge in [-0.2, -0.15) is 0 Å². The summed E-state index contributed by atoms with van der Waals surface area (Å²) in [5.41, 5.74) is 4.54. The van der Waals surface area contributed by atoms with Gasteiger partial charge in [-0.05, 0) is 41.0 Å². The van der Waals surface area contributed by atoms with E-state index in [2.05, 4.69) is 0 Å². The summed E-state index contributed by atoms with van der Waals surface area (Å²) in [5.74, 6) is 1.25. The number of amides is 1. The molecule has 0 fully saturated rings. The number of rotatable bonds is 3. The molecule has 5 nitrogen and oxygen atoms in total. The maximum absolute atomic E-state index is 12.9. The second-order valence-electron chi connectivity index (χ2n) is 6.98. The summed E-state index contributed by atoms with van der Waals surface area (Å²) < 4.78 is 10.7. The van der Waals surface area contributed by atoms with Crippen molar-refractivity contribution in [1.82, 2.24) is 4.90 Å². The lowest BCUT2D eigenvalue weighted by Crippen LogP contribution is -2.26. The molecule has 138 valence electrons. The van der Waals surface area contributed by atoms with E-state index in [-0.39, 0.29) is 18.5 Å². The monoisotopic (exact) mass is 371 g/mol. The van der Waals surface area contributed by atoms with Crippen LogP contribution in [-0.4, -0.2) is 30.4 Å². The van der Waals surface area contributed by atoms with Crippen molar-refractivity contribution in [2.24, 2.45) is 0 Å². The number of benzene rings is 3. The van der Waals surface area contributed by atoms with Crippen LogP contribution in [0.15, 0.2) is 60.7 Å². The van der Waals surface area contributed by atoms with E-state index in [1.165, 1.54) is 0 Å². The highest BCUT2D eigenvalue weighted by Crippen LogP contribution is 2.37. The van der Waals surface area contributed by atoms with Crippen LogP contribution in [0.5, 0.6) is 11.5 Å². The van der Waals surface area contributed by atoms with Crippen LogP contribution in [0.25, 0.3) is 11.1 Å². The van der Waals surface area contributed by atoms with Gasteiger partial charge in [0.25, 0.3) is 5.91 Å². The molecule has 1 amide bonds. The molecule has 1 heterocycles. The van der Waals surface area contributed by atoms with Gasteiger partial charge in [-0.15, -0.1) is 0 Å². The average molecular weight is 371 g/mol. The number of hydrogen-bond donors (Lipinski definition) is 0. The molecule has 5 heteroatoms. The van der Waals surface area contributed by atoms with E-state index in [0.29, 0.717) is 29.0 Å². The topological polar surface area (TPSA) is 55.8 Å². The Kier molecular flexibility index (Phi) is 3.69. The number of ether oxygens (including phenoxy) is 2. The fourth-order valence-electron chi connectivity index (χ4n) is 3.77. The summed E-state index contributed by atoms with van der Waals surface area (Å²) in [4.78, 5) is 27.2. The van der Waals surface area contributed by atoms with Crippen LogP contribution in [0.2, 0.25) is 0 Å². The molecule has 0 saturated carbocycles. The van der Waals surface area contributed by atoms with Gasteiger partial charge in [0.2, 0.25) is 6.79 Å². The van der Waals surface area contributed by atoms with Crippen LogP contribution >= 0.6 is 0 Å². The van der Waals surface area contributed by atoms with E-state index in [4.69, 9.17) is 9.47 Å². The first-order valence-electron chi connectivity index (χ1n) is 9.04. The Balaban J connectivity index is 1.39. The number of ketones is 1. The predicted molar refractivity (Wildman–Crippen MR) is 104 cm³/mol. The number of carbonyl (C=O) groups is 2. The fourth-order valence-corrected chi connectivity index (χ4v) is 3.77. The van der Waals surface area contributed by atoms with Crippen LogP contribution in [-0.2, 0) is 6.54 Å². The lowest BCUT2D eigenvalue weighted by Gasteiger charge is -2.18. The lowest BCUT2D eigenvalue weighted by atomic mass is 10.0. The molecule has 0 N–H and O–H groups in total. The second-order valence-corrected chi connectivity index (χ2v) is 6.98. The Morgan fingerprint density at radius 1 is 0.893 bits per heavy atom. The Bertz CT molecular complexity index is 1140. The largest absolute Gasteiger partial charge is 0.454 e.